The lowest BCUT2D eigenvalue weighted by atomic mass is 10.2. The molecule has 1 aromatic rings. The predicted molar refractivity (Wildman–Crippen MR) is 147 cm³/mol. The summed E-state index contributed by atoms with van der Waals surface area (Å²) in [7, 11) is 0. The summed E-state index contributed by atoms with van der Waals surface area (Å²) in [5, 5.41) is 0. The van der Waals surface area contributed by atoms with E-state index in [1.807, 2.05) is 30.3 Å². The zero-order valence-corrected chi connectivity index (χ0v) is 25.0. The molecule has 0 spiro atoms. The Morgan fingerprint density at radius 2 is 1.08 bits per heavy atom. The van der Waals surface area contributed by atoms with Gasteiger partial charge in [0.25, 0.3) is 0 Å². The number of ether oxygens (including phenoxy) is 4. The highest BCUT2D eigenvalue weighted by molar-refractivity contribution is 5.78. The van der Waals surface area contributed by atoms with E-state index in [9.17, 15) is 19.2 Å². The van der Waals surface area contributed by atoms with E-state index in [-0.39, 0.29) is 39.3 Å². The highest BCUT2D eigenvalue weighted by atomic mass is 16.6. The molecule has 0 unspecified atom stereocenters. The number of benzene rings is 1. The molecule has 39 heavy (non-hydrogen) atoms. The average molecular weight is 551 g/mol. The first-order chi connectivity index (χ1) is 17.8. The van der Waals surface area contributed by atoms with Gasteiger partial charge in [0.15, 0.2) is 0 Å². The van der Waals surface area contributed by atoms with Crippen molar-refractivity contribution >= 4 is 24.0 Å². The van der Waals surface area contributed by atoms with Crippen molar-refractivity contribution in [3.8, 4) is 0 Å². The van der Waals surface area contributed by atoms with E-state index in [0.717, 1.165) is 5.56 Å². The van der Waals surface area contributed by atoms with Crippen LogP contribution in [0.2, 0.25) is 0 Å². The van der Waals surface area contributed by atoms with Gasteiger partial charge in [-0.3, -0.25) is 24.2 Å². The lowest BCUT2D eigenvalue weighted by Gasteiger charge is -2.28. The van der Waals surface area contributed by atoms with E-state index < -0.39 is 40.8 Å². The predicted octanol–water partition coefficient (Wildman–Crippen LogP) is 4.34. The quantitative estimate of drug-likeness (QED) is 0.277. The Hall–Kier alpha value is -3.14. The summed E-state index contributed by atoms with van der Waals surface area (Å²) in [5.74, 6) is -1.54. The van der Waals surface area contributed by atoms with Gasteiger partial charge in [-0.1, -0.05) is 30.3 Å². The van der Waals surface area contributed by atoms with Gasteiger partial charge in [0, 0.05) is 13.1 Å². The van der Waals surface area contributed by atoms with Crippen LogP contribution >= 0.6 is 0 Å². The third kappa shape index (κ3) is 17.1. The van der Waals surface area contributed by atoms with E-state index in [1.165, 1.54) is 4.90 Å². The van der Waals surface area contributed by atoms with Crippen molar-refractivity contribution in [2.75, 3.05) is 32.7 Å². The second kappa shape index (κ2) is 14.9. The van der Waals surface area contributed by atoms with Crippen molar-refractivity contribution < 1.29 is 38.1 Å². The summed E-state index contributed by atoms with van der Waals surface area (Å²) < 4.78 is 21.6. The number of amides is 1. The Morgan fingerprint density at radius 3 is 1.51 bits per heavy atom. The van der Waals surface area contributed by atoms with E-state index in [0.29, 0.717) is 6.42 Å². The standard InChI is InChI=1S/C29H46N2O8/c1-27(2,3)37-23(32)18-30(19-24(33)38-28(4,5)6)16-13-17-31(20-25(34)39-29(7,8)9)26(35)36-21-22-14-11-10-12-15-22/h10-12,14-15H,13,16-21H2,1-9H3. The Morgan fingerprint density at radius 1 is 0.641 bits per heavy atom. The van der Waals surface area contributed by atoms with Crippen molar-refractivity contribution in [3.63, 3.8) is 0 Å². The zero-order valence-electron chi connectivity index (χ0n) is 25.0. The van der Waals surface area contributed by atoms with Crippen LogP contribution < -0.4 is 0 Å². The van der Waals surface area contributed by atoms with E-state index >= 15 is 0 Å². The molecule has 0 N–H and O–H groups in total. The summed E-state index contributed by atoms with van der Waals surface area (Å²) in [4.78, 5) is 53.2. The summed E-state index contributed by atoms with van der Waals surface area (Å²) in [5.41, 5.74) is -1.26. The van der Waals surface area contributed by atoms with Crippen LogP contribution in [0.1, 0.15) is 74.3 Å². The van der Waals surface area contributed by atoms with Crippen LogP contribution in [0, 0.1) is 0 Å². The number of nitrogens with zero attached hydrogens (tertiary/aromatic N) is 2. The molecule has 0 saturated carbocycles. The first kappa shape index (κ1) is 33.9. The lowest BCUT2D eigenvalue weighted by Crippen LogP contribution is -2.43. The normalized spacial score (nSPS) is 12.1. The lowest BCUT2D eigenvalue weighted by molar-refractivity contribution is -0.160. The molecule has 10 heteroatoms. The van der Waals surface area contributed by atoms with Crippen molar-refractivity contribution in [1.29, 1.82) is 0 Å². The molecule has 10 nitrogen and oxygen atoms in total. The van der Waals surface area contributed by atoms with Crippen LogP contribution in [0.15, 0.2) is 30.3 Å². The fourth-order valence-electron chi connectivity index (χ4n) is 3.39. The second-order valence-corrected chi connectivity index (χ2v) is 12.3. The Bertz CT molecular complexity index is 913. The average Bonchev–Trinajstić information content (AvgIpc) is 2.73. The smallest absolute Gasteiger partial charge is 0.410 e. The van der Waals surface area contributed by atoms with Crippen LogP contribution in [-0.4, -0.2) is 83.3 Å². The monoisotopic (exact) mass is 550 g/mol. The summed E-state index contributed by atoms with van der Waals surface area (Å²) in [6.45, 7) is 15.7. The van der Waals surface area contributed by atoms with Gasteiger partial charge < -0.3 is 18.9 Å². The van der Waals surface area contributed by atoms with Crippen molar-refractivity contribution in [2.24, 2.45) is 0 Å². The van der Waals surface area contributed by atoms with Crippen molar-refractivity contribution in [1.82, 2.24) is 9.80 Å². The maximum atomic E-state index is 12.9. The fourth-order valence-corrected chi connectivity index (χ4v) is 3.39. The van der Waals surface area contributed by atoms with Crippen LogP contribution in [0.5, 0.6) is 0 Å². The molecule has 0 atom stereocenters. The van der Waals surface area contributed by atoms with Gasteiger partial charge in [-0.15, -0.1) is 0 Å². The topological polar surface area (TPSA) is 112 Å². The van der Waals surface area contributed by atoms with E-state index in [4.69, 9.17) is 18.9 Å². The van der Waals surface area contributed by atoms with Crippen LogP contribution in [0.25, 0.3) is 0 Å². The van der Waals surface area contributed by atoms with Gasteiger partial charge in [-0.25, -0.2) is 4.79 Å². The van der Waals surface area contributed by atoms with Crippen LogP contribution in [0.4, 0.5) is 4.79 Å². The summed E-state index contributed by atoms with van der Waals surface area (Å²) in [6.07, 6.45) is -0.329. The molecule has 0 bridgehead atoms. The number of carbonyl (C=O) groups is 4. The minimum absolute atomic E-state index is 0.0495. The largest absolute Gasteiger partial charge is 0.459 e. The first-order valence-corrected chi connectivity index (χ1v) is 13.2. The molecule has 0 aromatic heterocycles. The van der Waals surface area contributed by atoms with Crippen LogP contribution in [0.3, 0.4) is 0 Å². The van der Waals surface area contributed by atoms with Gasteiger partial charge in [0.1, 0.15) is 30.0 Å². The van der Waals surface area contributed by atoms with Crippen LogP contribution in [-0.2, 0) is 39.9 Å². The molecule has 0 aliphatic carbocycles. The molecule has 1 amide bonds. The molecular weight excluding hydrogens is 504 g/mol. The Labute approximate surface area is 232 Å². The molecule has 0 radical (unpaired) electrons. The molecule has 0 fully saturated rings. The zero-order chi connectivity index (χ0) is 29.9. The molecule has 0 saturated heterocycles. The second-order valence-electron chi connectivity index (χ2n) is 12.3. The number of hydrogen-bond donors (Lipinski definition) is 0. The molecule has 220 valence electrons. The summed E-state index contributed by atoms with van der Waals surface area (Å²) >= 11 is 0. The minimum atomic E-state index is -0.714. The van der Waals surface area contributed by atoms with Gasteiger partial charge in [-0.05, 0) is 74.3 Å². The molecular formula is C29H46N2O8. The fraction of sp³-hybridized carbons (Fsp3) is 0.655. The molecule has 0 heterocycles. The highest BCUT2D eigenvalue weighted by Crippen LogP contribution is 2.12. The number of carbonyl (C=O) groups excluding carboxylic acids is 4. The van der Waals surface area contributed by atoms with Gasteiger partial charge in [0.2, 0.25) is 0 Å². The van der Waals surface area contributed by atoms with Gasteiger partial charge in [0.05, 0.1) is 13.1 Å². The number of hydrogen-bond acceptors (Lipinski definition) is 9. The van der Waals surface area contributed by atoms with Gasteiger partial charge >= 0.3 is 24.0 Å². The molecule has 1 rings (SSSR count). The summed E-state index contributed by atoms with van der Waals surface area (Å²) in [6, 6.07) is 9.20. The van der Waals surface area contributed by atoms with Crippen molar-refractivity contribution in [3.05, 3.63) is 35.9 Å². The Kier molecular flexibility index (Phi) is 12.9. The Balaban J connectivity index is 2.91. The maximum Gasteiger partial charge on any atom is 0.410 e. The van der Waals surface area contributed by atoms with E-state index in [2.05, 4.69) is 0 Å². The minimum Gasteiger partial charge on any atom is -0.459 e. The third-order valence-electron chi connectivity index (χ3n) is 4.65. The third-order valence-corrected chi connectivity index (χ3v) is 4.65. The molecule has 0 aliphatic heterocycles. The number of rotatable bonds is 12. The number of esters is 3. The highest BCUT2D eigenvalue weighted by Gasteiger charge is 2.26. The van der Waals surface area contributed by atoms with Crippen molar-refractivity contribution in [2.45, 2.75) is 92.1 Å². The maximum absolute atomic E-state index is 12.9. The molecule has 1 aromatic carbocycles. The van der Waals surface area contributed by atoms with E-state index in [1.54, 1.807) is 67.2 Å². The SMILES string of the molecule is CC(C)(C)OC(=O)CN(CCCN(CC(=O)OC(C)(C)C)C(=O)OCc1ccccc1)CC(=O)OC(C)(C)C. The molecule has 0 aliphatic rings. The first-order valence-electron chi connectivity index (χ1n) is 13.2. The van der Waals surface area contributed by atoms with Gasteiger partial charge in [-0.2, -0.15) is 0 Å².